The Labute approximate surface area is 122 Å². The first kappa shape index (κ1) is 15.9. The highest BCUT2D eigenvalue weighted by molar-refractivity contribution is 5.82. The minimum Gasteiger partial charge on any atom is -0.469 e. The minimum absolute atomic E-state index is 0.182. The number of ether oxygens (including phenoxy) is 4. The lowest BCUT2D eigenvalue weighted by atomic mass is 9.72. The summed E-state index contributed by atoms with van der Waals surface area (Å²) < 4.78 is 20.4. The van der Waals surface area contributed by atoms with Crippen LogP contribution in [0.4, 0.5) is 0 Å². The van der Waals surface area contributed by atoms with Crippen molar-refractivity contribution in [3.8, 4) is 0 Å². The largest absolute Gasteiger partial charge is 0.469 e. The van der Waals surface area contributed by atoms with Crippen LogP contribution in [-0.2, 0) is 28.5 Å². The van der Waals surface area contributed by atoms with E-state index in [2.05, 4.69) is 4.74 Å². The second-order valence-electron chi connectivity index (χ2n) is 5.24. The molecule has 0 radical (unpaired) electrons. The van der Waals surface area contributed by atoms with E-state index in [0.717, 1.165) is 6.08 Å². The molecular formula is C14H20O7. The van der Waals surface area contributed by atoms with Crippen molar-refractivity contribution in [2.45, 2.75) is 30.7 Å². The van der Waals surface area contributed by atoms with Crippen molar-refractivity contribution in [1.29, 1.82) is 0 Å². The zero-order valence-corrected chi connectivity index (χ0v) is 12.2. The van der Waals surface area contributed by atoms with Crippen LogP contribution in [0.5, 0.6) is 0 Å². The Kier molecular flexibility index (Phi) is 4.65. The summed E-state index contributed by atoms with van der Waals surface area (Å²) in [5, 5.41) is 10.7. The van der Waals surface area contributed by atoms with E-state index in [0.29, 0.717) is 19.6 Å². The number of esters is 2. The zero-order valence-electron chi connectivity index (χ0n) is 12.2. The second-order valence-corrected chi connectivity index (χ2v) is 5.24. The second kappa shape index (κ2) is 6.13. The summed E-state index contributed by atoms with van der Waals surface area (Å²) in [6.45, 7) is 0.925. The first-order valence-electron chi connectivity index (χ1n) is 6.80. The summed E-state index contributed by atoms with van der Waals surface area (Å²) in [5.41, 5.74) is -1.48. The van der Waals surface area contributed by atoms with Crippen LogP contribution in [0.3, 0.4) is 0 Å². The van der Waals surface area contributed by atoms with Crippen LogP contribution < -0.4 is 0 Å². The Morgan fingerprint density at radius 3 is 2.43 bits per heavy atom. The maximum absolute atomic E-state index is 12.0. The van der Waals surface area contributed by atoms with Crippen molar-refractivity contribution in [2.75, 3.05) is 27.4 Å². The molecule has 2 fully saturated rings. The highest BCUT2D eigenvalue weighted by Crippen LogP contribution is 2.44. The van der Waals surface area contributed by atoms with E-state index in [1.165, 1.54) is 20.3 Å². The van der Waals surface area contributed by atoms with Crippen LogP contribution >= 0.6 is 0 Å². The van der Waals surface area contributed by atoms with Gasteiger partial charge in [0.25, 0.3) is 0 Å². The highest BCUT2D eigenvalue weighted by atomic mass is 16.7. The smallest absolute Gasteiger partial charge is 0.330 e. The third kappa shape index (κ3) is 3.25. The SMILES string of the molecule is COC(=O)/C=C/C1(O)CCC2(CC1C(=O)OC)OCCO2. The van der Waals surface area contributed by atoms with Gasteiger partial charge >= 0.3 is 11.9 Å². The van der Waals surface area contributed by atoms with Gasteiger partial charge in [0, 0.05) is 18.9 Å². The van der Waals surface area contributed by atoms with Crippen molar-refractivity contribution in [3.05, 3.63) is 12.2 Å². The molecule has 1 aliphatic heterocycles. The highest BCUT2D eigenvalue weighted by Gasteiger charge is 2.53. The predicted molar refractivity (Wildman–Crippen MR) is 70.1 cm³/mol. The normalized spacial score (nSPS) is 31.5. The van der Waals surface area contributed by atoms with Crippen LogP contribution in [0.2, 0.25) is 0 Å². The molecule has 0 bridgehead atoms. The Balaban J connectivity index is 2.21. The van der Waals surface area contributed by atoms with Crippen LogP contribution in [0, 0.1) is 5.92 Å². The van der Waals surface area contributed by atoms with Crippen molar-refractivity contribution in [1.82, 2.24) is 0 Å². The number of carbonyl (C=O) groups excluding carboxylic acids is 2. The quantitative estimate of drug-likeness (QED) is 0.586. The van der Waals surface area contributed by atoms with Gasteiger partial charge in [-0.15, -0.1) is 0 Å². The molecule has 2 atom stereocenters. The van der Waals surface area contributed by atoms with E-state index >= 15 is 0 Å². The van der Waals surface area contributed by atoms with Crippen molar-refractivity contribution in [2.24, 2.45) is 5.92 Å². The number of methoxy groups -OCH3 is 2. The Morgan fingerprint density at radius 1 is 1.19 bits per heavy atom. The Bertz CT molecular complexity index is 439. The number of aliphatic hydroxyl groups is 1. The molecule has 1 saturated heterocycles. The zero-order chi connectivity index (χ0) is 15.5. The van der Waals surface area contributed by atoms with E-state index < -0.39 is 29.2 Å². The van der Waals surface area contributed by atoms with Gasteiger partial charge in [-0.25, -0.2) is 4.79 Å². The molecule has 0 aromatic carbocycles. The number of rotatable bonds is 3. The van der Waals surface area contributed by atoms with E-state index in [1.807, 2.05) is 0 Å². The van der Waals surface area contributed by atoms with Crippen LogP contribution in [-0.4, -0.2) is 55.9 Å². The van der Waals surface area contributed by atoms with E-state index in [9.17, 15) is 14.7 Å². The fourth-order valence-electron chi connectivity index (χ4n) is 2.82. The van der Waals surface area contributed by atoms with Crippen LogP contribution in [0.25, 0.3) is 0 Å². The monoisotopic (exact) mass is 300 g/mol. The predicted octanol–water partition coefficient (Wildman–Crippen LogP) is 0.163. The molecule has 0 aromatic heterocycles. The lowest BCUT2D eigenvalue weighted by Gasteiger charge is -2.43. The molecule has 7 heteroatoms. The average Bonchev–Trinajstić information content (AvgIpc) is 2.95. The Hall–Kier alpha value is -1.44. The van der Waals surface area contributed by atoms with Gasteiger partial charge in [0.2, 0.25) is 0 Å². The molecule has 2 unspecified atom stereocenters. The van der Waals surface area contributed by atoms with Crippen LogP contribution in [0.15, 0.2) is 12.2 Å². The molecule has 0 aromatic rings. The van der Waals surface area contributed by atoms with Gasteiger partial charge in [0.05, 0.1) is 39.0 Å². The molecule has 2 aliphatic rings. The summed E-state index contributed by atoms with van der Waals surface area (Å²) in [7, 11) is 2.50. The Morgan fingerprint density at radius 2 is 1.86 bits per heavy atom. The molecule has 1 N–H and O–H groups in total. The lowest BCUT2D eigenvalue weighted by molar-refractivity contribution is -0.219. The molecule has 21 heavy (non-hydrogen) atoms. The first-order chi connectivity index (χ1) is 9.95. The average molecular weight is 300 g/mol. The molecule has 1 aliphatic carbocycles. The maximum atomic E-state index is 12.0. The lowest BCUT2D eigenvalue weighted by Crippen LogP contribution is -2.52. The van der Waals surface area contributed by atoms with Gasteiger partial charge < -0.3 is 24.1 Å². The van der Waals surface area contributed by atoms with Crippen LogP contribution in [0.1, 0.15) is 19.3 Å². The van der Waals surface area contributed by atoms with Crippen molar-refractivity contribution in [3.63, 3.8) is 0 Å². The topological polar surface area (TPSA) is 91.3 Å². The number of hydrogen-bond acceptors (Lipinski definition) is 7. The summed E-state index contributed by atoms with van der Waals surface area (Å²) in [6, 6.07) is 0. The van der Waals surface area contributed by atoms with E-state index in [1.54, 1.807) is 0 Å². The first-order valence-corrected chi connectivity index (χ1v) is 6.80. The summed E-state index contributed by atoms with van der Waals surface area (Å²) >= 11 is 0. The summed E-state index contributed by atoms with van der Waals surface area (Å²) in [6.07, 6.45) is 3.25. The fraction of sp³-hybridized carbons (Fsp3) is 0.714. The standard InChI is InChI=1S/C14H20O7/c1-18-11(15)3-4-13(17)5-6-14(20-7-8-21-14)9-10(13)12(16)19-2/h3-4,10,17H,5-9H2,1-2H3/b4-3+. The van der Waals surface area contributed by atoms with Gasteiger partial charge in [-0.1, -0.05) is 0 Å². The summed E-state index contributed by atoms with van der Waals surface area (Å²) in [5.74, 6) is -2.87. The minimum atomic E-state index is -1.48. The van der Waals surface area contributed by atoms with E-state index in [4.69, 9.17) is 14.2 Å². The molecule has 1 saturated carbocycles. The van der Waals surface area contributed by atoms with Gasteiger partial charge in [-0.2, -0.15) is 0 Å². The molecule has 118 valence electrons. The summed E-state index contributed by atoms with van der Waals surface area (Å²) in [4.78, 5) is 23.2. The molecule has 7 nitrogen and oxygen atoms in total. The van der Waals surface area contributed by atoms with Crippen molar-refractivity contribution >= 4 is 11.9 Å². The maximum Gasteiger partial charge on any atom is 0.330 e. The third-order valence-corrected chi connectivity index (χ3v) is 4.03. The number of carbonyl (C=O) groups is 2. The van der Waals surface area contributed by atoms with Gasteiger partial charge in [0.15, 0.2) is 5.79 Å². The molecular weight excluding hydrogens is 280 g/mol. The van der Waals surface area contributed by atoms with Gasteiger partial charge in [0.1, 0.15) is 0 Å². The third-order valence-electron chi connectivity index (χ3n) is 4.03. The molecule has 1 heterocycles. The molecule has 1 spiro atoms. The fourth-order valence-corrected chi connectivity index (χ4v) is 2.82. The van der Waals surface area contributed by atoms with Crippen molar-refractivity contribution < 1.29 is 33.6 Å². The molecule has 2 rings (SSSR count). The van der Waals surface area contributed by atoms with Gasteiger partial charge in [-0.05, 0) is 12.5 Å². The number of hydrogen-bond donors (Lipinski definition) is 1. The van der Waals surface area contributed by atoms with Gasteiger partial charge in [-0.3, -0.25) is 4.79 Å². The molecule has 0 amide bonds. The van der Waals surface area contributed by atoms with E-state index in [-0.39, 0.29) is 12.8 Å².